The van der Waals surface area contributed by atoms with E-state index in [0.29, 0.717) is 11.8 Å². The summed E-state index contributed by atoms with van der Waals surface area (Å²) in [5, 5.41) is 4.29. The molecule has 1 aliphatic rings. The zero-order valence-electron chi connectivity index (χ0n) is 25.6. The van der Waals surface area contributed by atoms with Crippen LogP contribution in [0.5, 0.6) is 0 Å². The summed E-state index contributed by atoms with van der Waals surface area (Å²) in [6.45, 7) is 0. The average Bonchev–Trinajstić information content (AvgIpc) is 3.45. The predicted molar refractivity (Wildman–Crippen MR) is 196 cm³/mol. The lowest BCUT2D eigenvalue weighted by atomic mass is 9.78. The van der Waals surface area contributed by atoms with Gasteiger partial charge in [0.15, 0.2) is 0 Å². The Bertz CT molecular complexity index is 2320. The molecule has 0 N–H and O–H groups in total. The van der Waals surface area contributed by atoms with Crippen molar-refractivity contribution in [1.82, 2.24) is 0 Å². The second kappa shape index (κ2) is 12.0. The third-order valence-electron chi connectivity index (χ3n) is 9.78. The lowest BCUT2D eigenvalue weighted by Gasteiger charge is -2.25. The first-order chi connectivity index (χ1) is 23.3. The first-order valence-electron chi connectivity index (χ1n) is 16.1. The molecule has 9 rings (SSSR count). The number of hydrogen-bond acceptors (Lipinski definition) is 4. The van der Waals surface area contributed by atoms with E-state index in [1.165, 1.54) is 39.8 Å². The first-order valence-corrected chi connectivity index (χ1v) is 17.8. The molecule has 1 aliphatic carbocycles. The minimum absolute atomic E-state index is 0.0596. The van der Waals surface area contributed by atoms with Gasteiger partial charge >= 0.3 is 0 Å². The van der Waals surface area contributed by atoms with Crippen LogP contribution in [-0.4, -0.2) is 0 Å². The molecule has 0 amide bonds. The first kappa shape index (κ1) is 28.4. The summed E-state index contributed by atoms with van der Waals surface area (Å²) in [5.41, 5.74) is 11.3. The quantitative estimate of drug-likeness (QED) is 0.190. The van der Waals surface area contributed by atoms with Crippen LogP contribution in [-0.2, 0) is 0 Å². The molecule has 1 fully saturated rings. The van der Waals surface area contributed by atoms with E-state index in [4.69, 9.17) is 16.8 Å². The van der Waals surface area contributed by atoms with Gasteiger partial charge in [0.1, 0.15) is 22.3 Å². The van der Waals surface area contributed by atoms with Crippen LogP contribution >= 0.6 is 17.3 Å². The SMILES string of the molecule is c1ccc([C@H]2CCC[C@H]2c2ccccc2-c2ccc3o[pH]oc4ccccc4c3c2)c(-c2ccc3o[pH]oc4ccccc4c3c2)c1. The Kier molecular flexibility index (Phi) is 7.27. The molecule has 8 aromatic rings. The van der Waals surface area contributed by atoms with Crippen molar-refractivity contribution in [3.63, 3.8) is 0 Å². The van der Waals surface area contributed by atoms with Gasteiger partial charge in [-0.25, -0.2) is 0 Å². The van der Waals surface area contributed by atoms with Crippen LogP contribution in [0.4, 0.5) is 0 Å². The fraction of sp³-hybridized carbons (Fsp3) is 0.122. The Hall–Kier alpha value is -4.88. The highest BCUT2D eigenvalue weighted by molar-refractivity contribution is 7.15. The van der Waals surface area contributed by atoms with Crippen molar-refractivity contribution in [2.45, 2.75) is 31.1 Å². The van der Waals surface area contributed by atoms with Gasteiger partial charge in [0.05, 0.1) is 0 Å². The van der Waals surface area contributed by atoms with Crippen molar-refractivity contribution in [3.8, 4) is 22.3 Å². The molecule has 47 heavy (non-hydrogen) atoms. The van der Waals surface area contributed by atoms with E-state index in [9.17, 15) is 0 Å². The number of rotatable bonds is 4. The van der Waals surface area contributed by atoms with Crippen LogP contribution in [0, 0.1) is 0 Å². The Morgan fingerprint density at radius 2 is 0.809 bits per heavy atom. The van der Waals surface area contributed by atoms with Gasteiger partial charge < -0.3 is 16.8 Å². The summed E-state index contributed by atoms with van der Waals surface area (Å²) in [5.74, 6) is 0.804. The Labute approximate surface area is 275 Å². The largest absolute Gasteiger partial charge is 0.421 e. The molecule has 4 atom stereocenters. The molecular formula is C41H32O4P2. The Morgan fingerprint density at radius 3 is 1.30 bits per heavy atom. The van der Waals surface area contributed by atoms with Crippen molar-refractivity contribution in [1.29, 1.82) is 0 Å². The van der Waals surface area contributed by atoms with E-state index in [-0.39, 0.29) is 17.3 Å². The lowest BCUT2D eigenvalue weighted by molar-refractivity contribution is 0.626. The highest BCUT2D eigenvalue weighted by Crippen LogP contribution is 2.51. The summed E-state index contributed by atoms with van der Waals surface area (Å²) in [6, 6.07) is 47.6. The Morgan fingerprint density at radius 1 is 0.404 bits per heavy atom. The molecule has 2 unspecified atom stereocenters. The van der Waals surface area contributed by atoms with Gasteiger partial charge in [0.25, 0.3) is 0 Å². The summed E-state index contributed by atoms with van der Waals surface area (Å²) in [7, 11) is -0.119. The van der Waals surface area contributed by atoms with Gasteiger partial charge in [-0.2, -0.15) is 0 Å². The third kappa shape index (κ3) is 5.10. The van der Waals surface area contributed by atoms with E-state index >= 15 is 0 Å². The maximum absolute atomic E-state index is 6.03. The fourth-order valence-corrected chi connectivity index (χ4v) is 8.80. The molecule has 6 aromatic carbocycles. The number of fused-ring (bicyclic) bond motifs is 6. The van der Waals surface area contributed by atoms with Crippen LogP contribution in [0.1, 0.15) is 42.2 Å². The summed E-state index contributed by atoms with van der Waals surface area (Å²) in [4.78, 5) is 0. The molecule has 2 aromatic heterocycles. The molecule has 2 heterocycles. The smallest absolute Gasteiger partial charge is 0.201 e. The third-order valence-corrected chi connectivity index (χ3v) is 11.0. The fourth-order valence-electron chi connectivity index (χ4n) is 7.64. The molecular weight excluding hydrogens is 618 g/mol. The minimum Gasteiger partial charge on any atom is -0.421 e. The summed E-state index contributed by atoms with van der Waals surface area (Å²) >= 11 is 0. The van der Waals surface area contributed by atoms with Gasteiger partial charge in [0, 0.05) is 21.5 Å². The van der Waals surface area contributed by atoms with Crippen molar-refractivity contribution >= 4 is 61.2 Å². The normalized spacial score (nSPS) is 16.6. The molecule has 1 saturated carbocycles. The number of hydrogen-bond donors (Lipinski definition) is 0. The predicted octanol–water partition coefficient (Wildman–Crippen LogP) is 13.4. The maximum atomic E-state index is 6.03. The van der Waals surface area contributed by atoms with Crippen LogP contribution < -0.4 is 0 Å². The zero-order valence-corrected chi connectivity index (χ0v) is 27.6. The molecule has 0 bridgehead atoms. The molecule has 6 heteroatoms. The van der Waals surface area contributed by atoms with Crippen molar-refractivity contribution < 1.29 is 16.8 Å². The monoisotopic (exact) mass is 650 g/mol. The summed E-state index contributed by atoms with van der Waals surface area (Å²) in [6.07, 6.45) is 3.52. The maximum Gasteiger partial charge on any atom is 0.201 e. The minimum atomic E-state index is -0.0596. The van der Waals surface area contributed by atoms with Crippen LogP contribution in [0.15, 0.2) is 150 Å². The van der Waals surface area contributed by atoms with Gasteiger partial charge in [0.2, 0.25) is 17.3 Å². The molecule has 0 aliphatic heterocycles. The van der Waals surface area contributed by atoms with Gasteiger partial charge in [-0.1, -0.05) is 103 Å². The topological polar surface area (TPSA) is 52.6 Å². The van der Waals surface area contributed by atoms with Crippen molar-refractivity contribution in [2.24, 2.45) is 0 Å². The van der Waals surface area contributed by atoms with Gasteiger partial charge in [-0.15, -0.1) is 0 Å². The zero-order chi connectivity index (χ0) is 31.2. The molecule has 230 valence electrons. The summed E-state index contributed by atoms with van der Waals surface area (Å²) < 4.78 is 23.9. The highest BCUT2D eigenvalue weighted by Gasteiger charge is 2.33. The molecule has 0 radical (unpaired) electrons. The second-order valence-corrected chi connectivity index (χ2v) is 13.5. The average molecular weight is 651 g/mol. The van der Waals surface area contributed by atoms with Crippen LogP contribution in [0.3, 0.4) is 0 Å². The van der Waals surface area contributed by atoms with Gasteiger partial charge in [-0.05, 0) is 94.5 Å². The van der Waals surface area contributed by atoms with Crippen molar-refractivity contribution in [2.75, 3.05) is 0 Å². The standard InChI is InChI=1S/C41H32O4P2/c1-3-12-30(28(10-1)26-20-22-40-36(24-26)34-14-5-7-18-38(34)42-46-44-40)32-16-9-17-33(32)31-13-4-2-11-29(31)27-21-23-41-37(25-27)35-15-6-8-19-39(35)43-47-45-41/h1-8,10-15,18-25,32-33,46-47H,9,16-17H2/t32-,33+. The molecule has 0 spiro atoms. The van der Waals surface area contributed by atoms with E-state index in [2.05, 4.69) is 109 Å². The van der Waals surface area contributed by atoms with E-state index in [1.54, 1.807) is 0 Å². The van der Waals surface area contributed by atoms with Crippen LogP contribution in [0.25, 0.3) is 66.1 Å². The highest BCUT2D eigenvalue weighted by atomic mass is 31.1. The van der Waals surface area contributed by atoms with E-state index in [0.717, 1.165) is 56.7 Å². The van der Waals surface area contributed by atoms with E-state index < -0.39 is 0 Å². The number of para-hydroxylation sites is 2. The molecule has 0 saturated heterocycles. The van der Waals surface area contributed by atoms with E-state index in [1.807, 2.05) is 24.3 Å². The number of benzene rings is 6. The lowest BCUT2D eigenvalue weighted by Crippen LogP contribution is -2.08. The van der Waals surface area contributed by atoms with Crippen LogP contribution in [0.2, 0.25) is 0 Å². The molecule has 4 nitrogen and oxygen atoms in total. The van der Waals surface area contributed by atoms with Crippen molar-refractivity contribution in [3.05, 3.63) is 145 Å². The van der Waals surface area contributed by atoms with Gasteiger partial charge in [-0.3, -0.25) is 0 Å². The Balaban J connectivity index is 1.16. The second-order valence-electron chi connectivity index (χ2n) is 12.3.